The van der Waals surface area contributed by atoms with Crippen LogP contribution in [0.5, 0.6) is 0 Å². The van der Waals surface area contributed by atoms with Gasteiger partial charge in [-0.2, -0.15) is 10.1 Å². The molecule has 29 heavy (non-hydrogen) atoms. The summed E-state index contributed by atoms with van der Waals surface area (Å²) in [5.41, 5.74) is 3.19. The number of nitrogens with one attached hydrogen (secondary N) is 2. The highest BCUT2D eigenvalue weighted by atomic mass is 16.4. The van der Waals surface area contributed by atoms with E-state index in [1.54, 1.807) is 4.90 Å². The van der Waals surface area contributed by atoms with Gasteiger partial charge in [-0.3, -0.25) is 5.10 Å². The zero-order valence-corrected chi connectivity index (χ0v) is 16.3. The van der Waals surface area contributed by atoms with Crippen molar-refractivity contribution in [2.24, 2.45) is 0 Å². The lowest BCUT2D eigenvalue weighted by atomic mass is 10.0. The maximum absolute atomic E-state index is 11.6. The number of H-pyrrole nitrogens is 1. The molecule has 9 nitrogen and oxygen atoms in total. The summed E-state index contributed by atoms with van der Waals surface area (Å²) in [6.45, 7) is 0.226. The van der Waals surface area contributed by atoms with Crippen LogP contribution in [-0.4, -0.2) is 55.0 Å². The lowest BCUT2D eigenvalue weighted by Crippen LogP contribution is -2.37. The quantitative estimate of drug-likeness (QED) is 0.603. The maximum atomic E-state index is 11.6. The fourth-order valence-corrected chi connectivity index (χ4v) is 4.89. The average molecular weight is 398 g/mol. The number of aliphatic carboxylic acids is 1. The molecule has 2 aliphatic carbocycles. The molecule has 154 valence electrons. The predicted molar refractivity (Wildman–Crippen MR) is 107 cm³/mol. The largest absolute Gasteiger partial charge is 0.480 e. The van der Waals surface area contributed by atoms with Crippen LogP contribution in [0.15, 0.2) is 6.07 Å². The van der Waals surface area contributed by atoms with Gasteiger partial charge in [0.05, 0.1) is 11.8 Å². The molecule has 0 unspecified atom stereocenters. The highest BCUT2D eigenvalue weighted by Crippen LogP contribution is 2.35. The number of hydrogen-bond donors (Lipinski definition) is 4. The predicted octanol–water partition coefficient (Wildman–Crippen LogP) is 2.11. The average Bonchev–Trinajstić information content (AvgIpc) is 3.47. The number of carbonyl (C=O) groups is 1. The van der Waals surface area contributed by atoms with Gasteiger partial charge in [-0.1, -0.05) is 12.8 Å². The van der Waals surface area contributed by atoms with Gasteiger partial charge in [0.2, 0.25) is 5.95 Å². The number of aryl methyl sites for hydroxylation is 1. The molecule has 9 heteroatoms. The van der Waals surface area contributed by atoms with Crippen LogP contribution in [0, 0.1) is 0 Å². The number of aliphatic hydroxyl groups excluding tert-OH is 1. The molecule has 2 aromatic heterocycles. The van der Waals surface area contributed by atoms with E-state index in [4.69, 9.17) is 0 Å². The lowest BCUT2D eigenvalue weighted by Gasteiger charge is -2.22. The van der Waals surface area contributed by atoms with Crippen molar-refractivity contribution in [3.63, 3.8) is 0 Å². The SMILES string of the molecule is O=C(O)[C@@H]1C[C@@H](O)CN1c1nc2c(c(Nc3cc(C4CCCC4)[nH]n3)n1)CCC2. The number of aromatic nitrogens is 4. The van der Waals surface area contributed by atoms with Gasteiger partial charge in [0.15, 0.2) is 5.82 Å². The number of carboxylic acid groups (broad SMARTS) is 1. The van der Waals surface area contributed by atoms with Gasteiger partial charge in [0, 0.05) is 36.2 Å². The van der Waals surface area contributed by atoms with E-state index in [0.717, 1.165) is 42.0 Å². The van der Waals surface area contributed by atoms with Gasteiger partial charge >= 0.3 is 5.97 Å². The van der Waals surface area contributed by atoms with Gasteiger partial charge < -0.3 is 20.4 Å². The number of fused-ring (bicyclic) bond motifs is 1. The second-order valence-corrected chi connectivity index (χ2v) is 8.36. The maximum Gasteiger partial charge on any atom is 0.326 e. The summed E-state index contributed by atoms with van der Waals surface area (Å²) in [4.78, 5) is 22.5. The molecule has 1 aliphatic heterocycles. The van der Waals surface area contributed by atoms with Crippen molar-refractivity contribution in [1.29, 1.82) is 0 Å². The van der Waals surface area contributed by atoms with Crippen molar-refractivity contribution in [3.05, 3.63) is 23.0 Å². The lowest BCUT2D eigenvalue weighted by molar-refractivity contribution is -0.138. The Morgan fingerprint density at radius 3 is 2.83 bits per heavy atom. The van der Waals surface area contributed by atoms with E-state index in [0.29, 0.717) is 17.7 Å². The molecule has 0 radical (unpaired) electrons. The van der Waals surface area contributed by atoms with Crippen molar-refractivity contribution in [1.82, 2.24) is 20.2 Å². The molecular formula is C20H26N6O3. The first-order valence-electron chi connectivity index (χ1n) is 10.5. The van der Waals surface area contributed by atoms with Crippen LogP contribution in [0.4, 0.5) is 17.6 Å². The number of aromatic amines is 1. The van der Waals surface area contributed by atoms with E-state index < -0.39 is 18.1 Å². The molecule has 3 heterocycles. The highest BCUT2D eigenvalue weighted by Gasteiger charge is 2.38. The molecule has 0 spiro atoms. The second kappa shape index (κ2) is 7.29. The van der Waals surface area contributed by atoms with E-state index in [1.165, 1.54) is 25.7 Å². The number of β-amino-alcohol motifs (C(OH)–C–C–N with tert-alkyl or cyclic N) is 1. The molecule has 5 rings (SSSR count). The standard InChI is InChI=1S/C20H26N6O3/c27-12-8-16(19(28)29)26(10-12)20-21-14-7-3-6-13(14)18(23-20)22-17-9-15(24-25-17)11-4-1-2-5-11/h9,11-12,16,27H,1-8,10H2,(H,28,29)(H2,21,22,23,24,25)/t12-,16+/m1/s1. The zero-order chi connectivity index (χ0) is 20.0. The van der Waals surface area contributed by atoms with Gasteiger partial charge in [0.25, 0.3) is 0 Å². The number of nitrogens with zero attached hydrogens (tertiary/aromatic N) is 4. The zero-order valence-electron chi connectivity index (χ0n) is 16.3. The second-order valence-electron chi connectivity index (χ2n) is 8.36. The number of aliphatic hydroxyl groups is 1. The Kier molecular flexibility index (Phi) is 4.61. The number of carboxylic acids is 1. The van der Waals surface area contributed by atoms with Crippen LogP contribution in [0.25, 0.3) is 0 Å². The minimum atomic E-state index is -0.964. The molecule has 2 atom stereocenters. The minimum Gasteiger partial charge on any atom is -0.480 e. The van der Waals surface area contributed by atoms with E-state index in [2.05, 4.69) is 31.5 Å². The molecule has 1 saturated carbocycles. The summed E-state index contributed by atoms with van der Waals surface area (Å²) in [7, 11) is 0. The Hall–Kier alpha value is -2.68. The molecule has 3 aliphatic rings. The third kappa shape index (κ3) is 3.43. The van der Waals surface area contributed by atoms with E-state index in [-0.39, 0.29) is 13.0 Å². The smallest absolute Gasteiger partial charge is 0.326 e. The normalized spacial score (nSPS) is 24.2. The van der Waals surface area contributed by atoms with Crippen molar-refractivity contribution in [2.75, 3.05) is 16.8 Å². The fraction of sp³-hybridized carbons (Fsp3) is 0.600. The Labute approximate surface area is 168 Å². The molecule has 0 bridgehead atoms. The number of anilines is 3. The molecule has 0 amide bonds. The summed E-state index contributed by atoms with van der Waals surface area (Å²) < 4.78 is 0. The fourth-order valence-electron chi connectivity index (χ4n) is 4.89. The van der Waals surface area contributed by atoms with Gasteiger partial charge in [-0.05, 0) is 32.1 Å². The van der Waals surface area contributed by atoms with Crippen molar-refractivity contribution < 1.29 is 15.0 Å². The first-order chi connectivity index (χ1) is 14.1. The van der Waals surface area contributed by atoms with Gasteiger partial charge in [0.1, 0.15) is 11.9 Å². The Bertz CT molecular complexity index is 923. The summed E-state index contributed by atoms with van der Waals surface area (Å²) in [6, 6.07) is 1.25. The van der Waals surface area contributed by atoms with Gasteiger partial charge in [-0.25, -0.2) is 9.78 Å². The molecule has 1 saturated heterocycles. The molecule has 2 aromatic rings. The topological polar surface area (TPSA) is 127 Å². The van der Waals surface area contributed by atoms with Crippen LogP contribution >= 0.6 is 0 Å². The summed E-state index contributed by atoms with van der Waals surface area (Å²) in [6.07, 6.45) is 7.16. The third-order valence-electron chi connectivity index (χ3n) is 6.38. The van der Waals surface area contributed by atoms with Crippen LogP contribution in [0.2, 0.25) is 0 Å². The minimum absolute atomic E-state index is 0.183. The summed E-state index contributed by atoms with van der Waals surface area (Å²) in [5, 5.41) is 30.4. The first-order valence-corrected chi connectivity index (χ1v) is 10.5. The molecular weight excluding hydrogens is 372 g/mol. The Morgan fingerprint density at radius 1 is 1.21 bits per heavy atom. The highest BCUT2D eigenvalue weighted by molar-refractivity contribution is 5.78. The molecule has 2 fully saturated rings. The Balaban J connectivity index is 1.45. The number of rotatable bonds is 5. The van der Waals surface area contributed by atoms with E-state index in [9.17, 15) is 15.0 Å². The van der Waals surface area contributed by atoms with Crippen molar-refractivity contribution in [2.45, 2.75) is 69.4 Å². The van der Waals surface area contributed by atoms with Gasteiger partial charge in [-0.15, -0.1) is 0 Å². The summed E-state index contributed by atoms with van der Waals surface area (Å²) in [5.74, 6) is 1.36. The Morgan fingerprint density at radius 2 is 2.03 bits per heavy atom. The van der Waals surface area contributed by atoms with E-state index in [1.807, 2.05) is 0 Å². The van der Waals surface area contributed by atoms with Crippen LogP contribution < -0.4 is 10.2 Å². The van der Waals surface area contributed by atoms with Crippen molar-refractivity contribution in [3.8, 4) is 0 Å². The number of hydrogen-bond acceptors (Lipinski definition) is 7. The van der Waals surface area contributed by atoms with Crippen LogP contribution in [0.1, 0.15) is 61.4 Å². The molecule has 4 N–H and O–H groups in total. The third-order valence-corrected chi connectivity index (χ3v) is 6.38. The summed E-state index contributed by atoms with van der Waals surface area (Å²) >= 11 is 0. The van der Waals surface area contributed by atoms with Crippen LogP contribution in [-0.2, 0) is 17.6 Å². The van der Waals surface area contributed by atoms with E-state index >= 15 is 0 Å². The molecule has 0 aromatic carbocycles. The van der Waals surface area contributed by atoms with Crippen molar-refractivity contribution >= 4 is 23.6 Å². The monoisotopic (exact) mass is 398 g/mol. The first kappa shape index (κ1) is 18.4. The van der Waals surface area contributed by atoms with Crippen LogP contribution in [0.3, 0.4) is 0 Å².